The van der Waals surface area contributed by atoms with Gasteiger partial charge in [0.15, 0.2) is 9.84 Å². The molecule has 1 atom stereocenters. The van der Waals surface area contributed by atoms with Crippen LogP contribution < -0.4 is 0 Å². The third kappa shape index (κ3) is 8.79. The summed E-state index contributed by atoms with van der Waals surface area (Å²) in [6, 6.07) is 24.8. The average molecular weight is 634 g/mol. The van der Waals surface area contributed by atoms with Crippen LogP contribution in [0.4, 0.5) is 10.5 Å². The van der Waals surface area contributed by atoms with E-state index >= 15 is 0 Å². The van der Waals surface area contributed by atoms with E-state index in [1.807, 2.05) is 38.1 Å². The van der Waals surface area contributed by atoms with Gasteiger partial charge in [0.2, 0.25) is 0 Å². The van der Waals surface area contributed by atoms with Crippen molar-refractivity contribution in [3.63, 3.8) is 0 Å². The number of hydrogen-bond donors (Lipinski definition) is 0. The number of benzene rings is 3. The van der Waals surface area contributed by atoms with E-state index in [0.717, 1.165) is 44.5 Å². The molecule has 0 radical (unpaired) electrons. The summed E-state index contributed by atoms with van der Waals surface area (Å²) in [5, 5.41) is 10.9. The highest BCUT2D eigenvalue weighted by molar-refractivity contribution is 7.92. The summed E-state index contributed by atoms with van der Waals surface area (Å²) < 4.78 is 31.8. The summed E-state index contributed by atoms with van der Waals surface area (Å²) in [7, 11) is -3.54. The van der Waals surface area contributed by atoms with Crippen molar-refractivity contribution < 1.29 is 22.9 Å². The lowest BCUT2D eigenvalue weighted by molar-refractivity contribution is -0.384. The maximum absolute atomic E-state index is 13.6. The average Bonchev–Trinajstić information content (AvgIpc) is 3.05. The Labute approximate surface area is 266 Å². The van der Waals surface area contributed by atoms with Gasteiger partial charge >= 0.3 is 6.09 Å². The van der Waals surface area contributed by atoms with Gasteiger partial charge in [-0.1, -0.05) is 54.6 Å². The number of carbonyl (C=O) groups is 1. The molecule has 1 heterocycles. The highest BCUT2D eigenvalue weighted by Gasteiger charge is 2.38. The van der Waals surface area contributed by atoms with Crippen LogP contribution in [-0.4, -0.2) is 66.2 Å². The van der Waals surface area contributed by atoms with E-state index < -0.39 is 25.6 Å². The van der Waals surface area contributed by atoms with Gasteiger partial charge in [-0.05, 0) is 87.4 Å². The molecule has 1 saturated heterocycles. The molecule has 1 aliphatic heterocycles. The smallest absolute Gasteiger partial charge is 0.410 e. The van der Waals surface area contributed by atoms with Gasteiger partial charge in [0, 0.05) is 37.8 Å². The second-order valence-electron chi connectivity index (χ2n) is 12.2. The molecule has 0 bridgehead atoms. The van der Waals surface area contributed by atoms with Crippen LogP contribution in [0.15, 0.2) is 102 Å². The first-order valence-electron chi connectivity index (χ1n) is 15.4. The molecular formula is C35H43N3O6S. The molecule has 4 rings (SSSR count). The minimum Gasteiger partial charge on any atom is -0.445 e. The Balaban J connectivity index is 1.35. The van der Waals surface area contributed by atoms with Crippen molar-refractivity contribution in [2.45, 2.75) is 67.7 Å². The van der Waals surface area contributed by atoms with E-state index in [2.05, 4.69) is 23.6 Å². The SMILES string of the molecule is C=CCN(C(=O)OCc1ccc([N+](=O)[O-])cc1)C1CCN(CCC(CC(C)(C)S(=O)(=O)c2ccccc2)c2ccccc2)CC1. The maximum Gasteiger partial charge on any atom is 0.410 e. The molecule has 9 nitrogen and oxygen atoms in total. The first-order chi connectivity index (χ1) is 21.5. The van der Waals surface area contributed by atoms with Gasteiger partial charge in [0.05, 0.1) is 14.6 Å². The predicted octanol–water partition coefficient (Wildman–Crippen LogP) is 7.00. The highest BCUT2D eigenvalue weighted by Crippen LogP contribution is 2.37. The van der Waals surface area contributed by atoms with Gasteiger partial charge in [0.25, 0.3) is 5.69 Å². The number of nitro groups is 1. The number of rotatable bonds is 14. The van der Waals surface area contributed by atoms with Crippen molar-refractivity contribution in [3.8, 4) is 0 Å². The predicted molar refractivity (Wildman–Crippen MR) is 176 cm³/mol. The van der Waals surface area contributed by atoms with E-state index in [4.69, 9.17) is 4.74 Å². The van der Waals surface area contributed by atoms with Gasteiger partial charge in [-0.25, -0.2) is 13.2 Å². The molecule has 0 spiro atoms. The van der Waals surface area contributed by atoms with Crippen LogP contribution in [0.2, 0.25) is 0 Å². The quantitative estimate of drug-likeness (QED) is 0.107. The molecule has 0 N–H and O–H groups in total. The Hall–Kier alpha value is -4.02. The number of non-ortho nitro benzene ring substituents is 1. The van der Waals surface area contributed by atoms with Crippen LogP contribution >= 0.6 is 0 Å². The number of carbonyl (C=O) groups excluding carboxylic acids is 1. The summed E-state index contributed by atoms with van der Waals surface area (Å²) in [5.74, 6) is 0.0593. The van der Waals surface area contributed by atoms with Crippen LogP contribution in [-0.2, 0) is 21.2 Å². The van der Waals surface area contributed by atoms with Crippen LogP contribution in [0.1, 0.15) is 56.6 Å². The van der Waals surface area contributed by atoms with Crippen molar-refractivity contribution in [3.05, 3.63) is 119 Å². The van der Waals surface area contributed by atoms with E-state index in [1.165, 1.54) is 12.1 Å². The summed E-state index contributed by atoms with van der Waals surface area (Å²) in [6.07, 6.45) is 4.14. The minimum atomic E-state index is -3.54. The normalized spacial score (nSPS) is 15.2. The third-order valence-electron chi connectivity index (χ3n) is 8.65. The van der Waals surface area contributed by atoms with Gasteiger partial charge in [0.1, 0.15) is 6.61 Å². The molecule has 240 valence electrons. The lowest BCUT2D eigenvalue weighted by atomic mass is 9.87. The van der Waals surface area contributed by atoms with Crippen LogP contribution in [0.5, 0.6) is 0 Å². The number of sulfone groups is 1. The molecule has 0 aromatic heterocycles. The van der Waals surface area contributed by atoms with E-state index in [1.54, 1.807) is 47.4 Å². The largest absolute Gasteiger partial charge is 0.445 e. The summed E-state index contributed by atoms with van der Waals surface area (Å²) in [4.78, 5) is 27.9. The van der Waals surface area contributed by atoms with Crippen LogP contribution in [0, 0.1) is 10.1 Å². The Morgan fingerprint density at radius 2 is 1.64 bits per heavy atom. The van der Waals surface area contributed by atoms with Crippen molar-refractivity contribution in [2.24, 2.45) is 0 Å². The molecule has 10 heteroatoms. The molecule has 0 aliphatic carbocycles. The monoisotopic (exact) mass is 633 g/mol. The van der Waals surface area contributed by atoms with Crippen molar-refractivity contribution in [1.82, 2.24) is 9.80 Å². The van der Waals surface area contributed by atoms with Gasteiger partial charge in [-0.15, -0.1) is 6.58 Å². The molecule has 0 saturated carbocycles. The van der Waals surface area contributed by atoms with Gasteiger partial charge < -0.3 is 14.5 Å². The summed E-state index contributed by atoms with van der Waals surface area (Å²) >= 11 is 0. The molecule has 45 heavy (non-hydrogen) atoms. The minimum absolute atomic E-state index is 0.00322. The third-order valence-corrected chi connectivity index (χ3v) is 11.2. The van der Waals surface area contributed by atoms with Crippen LogP contribution in [0.25, 0.3) is 0 Å². The molecule has 1 unspecified atom stereocenters. The second-order valence-corrected chi connectivity index (χ2v) is 14.8. The zero-order valence-electron chi connectivity index (χ0n) is 26.1. The van der Waals surface area contributed by atoms with E-state index in [-0.39, 0.29) is 24.3 Å². The van der Waals surface area contributed by atoms with E-state index in [9.17, 15) is 23.3 Å². The molecule has 1 aliphatic rings. The number of hydrogen-bond acceptors (Lipinski definition) is 7. The van der Waals surface area contributed by atoms with Crippen LogP contribution in [0.3, 0.4) is 0 Å². The zero-order chi connectivity index (χ0) is 32.5. The Bertz CT molecular complexity index is 1520. The van der Waals surface area contributed by atoms with Crippen molar-refractivity contribution >= 4 is 21.6 Å². The first kappa shape index (κ1) is 33.9. The number of likely N-dealkylation sites (tertiary alicyclic amines) is 1. The first-order valence-corrected chi connectivity index (χ1v) is 16.8. The topological polar surface area (TPSA) is 110 Å². The Morgan fingerprint density at radius 3 is 2.22 bits per heavy atom. The highest BCUT2D eigenvalue weighted by atomic mass is 32.2. The molecule has 3 aromatic rings. The number of piperidine rings is 1. The fraction of sp³-hybridized carbons (Fsp3) is 0.400. The standard InChI is InChI=1S/C35H43N3O6S/c1-4-22-37(34(39)44-27-28-15-17-32(18-16-28)38(40)41)31-20-24-36(25-21-31)23-19-30(29-11-7-5-8-12-29)26-35(2,3)45(42,43)33-13-9-6-10-14-33/h4-18,30-31H,1,19-27H2,2-3H3. The lowest BCUT2D eigenvalue weighted by Crippen LogP contribution is -2.48. The summed E-state index contributed by atoms with van der Waals surface area (Å²) in [6.45, 7) is 10.3. The molecule has 3 aromatic carbocycles. The fourth-order valence-corrected chi connectivity index (χ4v) is 7.55. The molecule has 1 fully saturated rings. The number of nitrogens with zero attached hydrogens (tertiary/aromatic N) is 3. The van der Waals surface area contributed by atoms with Crippen molar-refractivity contribution in [1.29, 1.82) is 0 Å². The Kier molecular flexibility index (Phi) is 11.5. The molecular weight excluding hydrogens is 590 g/mol. The maximum atomic E-state index is 13.6. The lowest BCUT2D eigenvalue weighted by Gasteiger charge is -2.38. The van der Waals surface area contributed by atoms with Gasteiger partial charge in [-0.3, -0.25) is 10.1 Å². The zero-order valence-corrected chi connectivity index (χ0v) is 26.9. The number of nitro benzene ring substituents is 1. The number of amides is 1. The van der Waals surface area contributed by atoms with Crippen molar-refractivity contribution in [2.75, 3.05) is 26.2 Å². The van der Waals surface area contributed by atoms with E-state index in [0.29, 0.717) is 23.4 Å². The number of ether oxygens (including phenoxy) is 1. The summed E-state index contributed by atoms with van der Waals surface area (Å²) in [5.41, 5.74) is 1.80. The fourth-order valence-electron chi connectivity index (χ4n) is 5.98. The molecule has 1 amide bonds. The Morgan fingerprint density at radius 1 is 1.04 bits per heavy atom. The second kappa shape index (κ2) is 15.3. The van der Waals surface area contributed by atoms with Gasteiger partial charge in [-0.2, -0.15) is 0 Å².